The summed E-state index contributed by atoms with van der Waals surface area (Å²) in [7, 11) is 0. The fourth-order valence-electron chi connectivity index (χ4n) is 2.85. The molecule has 1 saturated heterocycles. The van der Waals surface area contributed by atoms with E-state index in [9.17, 15) is 4.79 Å². The Kier molecular flexibility index (Phi) is 5.52. The van der Waals surface area contributed by atoms with Crippen molar-refractivity contribution < 1.29 is 14.1 Å². The van der Waals surface area contributed by atoms with Gasteiger partial charge in [0, 0.05) is 36.9 Å². The van der Waals surface area contributed by atoms with E-state index in [0.717, 1.165) is 30.2 Å². The molecule has 3 aromatic rings. The standard InChI is InChI=1S/C19H19N5O3S/c1-13-14(18(23-27-13)15-4-2-3-7-20-15)12-26-17-6-5-16(21-22-17)19(25)24-8-10-28-11-9-24/h2-7H,8-12H2,1H3. The highest BCUT2D eigenvalue weighted by Crippen LogP contribution is 2.24. The number of carbonyl (C=O) groups excluding carboxylic acids is 1. The third kappa shape index (κ3) is 3.99. The van der Waals surface area contributed by atoms with Crippen LogP contribution in [0.2, 0.25) is 0 Å². The van der Waals surface area contributed by atoms with E-state index in [1.54, 1.807) is 23.2 Å². The molecule has 0 atom stereocenters. The molecule has 0 aromatic carbocycles. The molecule has 0 N–H and O–H groups in total. The van der Waals surface area contributed by atoms with Crippen molar-refractivity contribution in [1.82, 2.24) is 25.2 Å². The maximum atomic E-state index is 12.4. The number of rotatable bonds is 5. The molecule has 0 saturated carbocycles. The molecule has 0 spiro atoms. The molecule has 28 heavy (non-hydrogen) atoms. The Bertz CT molecular complexity index is 940. The summed E-state index contributed by atoms with van der Waals surface area (Å²) in [5.74, 6) is 2.81. The highest BCUT2D eigenvalue weighted by Gasteiger charge is 2.20. The van der Waals surface area contributed by atoms with E-state index in [1.165, 1.54) is 0 Å². The summed E-state index contributed by atoms with van der Waals surface area (Å²) in [6, 6.07) is 8.89. The molecule has 0 bridgehead atoms. The van der Waals surface area contributed by atoms with Gasteiger partial charge in [-0.2, -0.15) is 11.8 Å². The molecule has 0 aliphatic carbocycles. The summed E-state index contributed by atoms with van der Waals surface area (Å²) in [5.41, 5.74) is 2.48. The quantitative estimate of drug-likeness (QED) is 0.648. The molecule has 1 aliphatic heterocycles. The van der Waals surface area contributed by atoms with Crippen molar-refractivity contribution in [3.63, 3.8) is 0 Å². The first-order chi connectivity index (χ1) is 13.7. The first-order valence-corrected chi connectivity index (χ1v) is 10.1. The second-order valence-corrected chi connectivity index (χ2v) is 7.46. The van der Waals surface area contributed by atoms with Crippen LogP contribution in [0.4, 0.5) is 0 Å². The van der Waals surface area contributed by atoms with Gasteiger partial charge in [0.1, 0.15) is 18.1 Å². The maximum Gasteiger partial charge on any atom is 0.274 e. The van der Waals surface area contributed by atoms with Crippen LogP contribution >= 0.6 is 11.8 Å². The van der Waals surface area contributed by atoms with Crippen LogP contribution < -0.4 is 4.74 Å². The van der Waals surface area contributed by atoms with Gasteiger partial charge in [0.25, 0.3) is 5.91 Å². The van der Waals surface area contributed by atoms with Gasteiger partial charge < -0.3 is 14.2 Å². The SMILES string of the molecule is Cc1onc(-c2ccccn2)c1COc1ccc(C(=O)N2CCSCC2)nn1. The van der Waals surface area contributed by atoms with E-state index in [2.05, 4.69) is 20.3 Å². The molecule has 0 unspecified atom stereocenters. The van der Waals surface area contributed by atoms with Crippen LogP contribution in [0.5, 0.6) is 5.88 Å². The minimum absolute atomic E-state index is 0.0910. The second-order valence-electron chi connectivity index (χ2n) is 6.23. The first kappa shape index (κ1) is 18.4. The van der Waals surface area contributed by atoms with Crippen LogP contribution in [-0.4, -0.2) is 55.7 Å². The Labute approximate surface area is 166 Å². The fraction of sp³-hybridized carbons (Fsp3) is 0.316. The Balaban J connectivity index is 1.43. The monoisotopic (exact) mass is 397 g/mol. The summed E-state index contributed by atoms with van der Waals surface area (Å²) in [6.07, 6.45) is 1.70. The zero-order valence-electron chi connectivity index (χ0n) is 15.4. The van der Waals surface area contributed by atoms with Gasteiger partial charge in [0.2, 0.25) is 5.88 Å². The number of hydrogen-bond acceptors (Lipinski definition) is 8. The minimum atomic E-state index is -0.0910. The lowest BCUT2D eigenvalue weighted by atomic mass is 10.1. The van der Waals surface area contributed by atoms with Crippen molar-refractivity contribution in [2.75, 3.05) is 24.6 Å². The second kappa shape index (κ2) is 8.39. The highest BCUT2D eigenvalue weighted by atomic mass is 32.2. The number of aromatic nitrogens is 4. The molecule has 0 radical (unpaired) electrons. The first-order valence-electron chi connectivity index (χ1n) is 8.92. The lowest BCUT2D eigenvalue weighted by Gasteiger charge is -2.25. The summed E-state index contributed by atoms with van der Waals surface area (Å²) in [4.78, 5) is 18.6. The molecule has 4 rings (SSSR count). The van der Waals surface area contributed by atoms with Gasteiger partial charge in [0.05, 0.1) is 11.3 Å². The molecule has 1 fully saturated rings. The molecule has 144 valence electrons. The van der Waals surface area contributed by atoms with E-state index in [-0.39, 0.29) is 12.5 Å². The van der Waals surface area contributed by atoms with Gasteiger partial charge in [-0.15, -0.1) is 10.2 Å². The van der Waals surface area contributed by atoms with Crippen molar-refractivity contribution in [2.24, 2.45) is 0 Å². The van der Waals surface area contributed by atoms with Gasteiger partial charge in [0.15, 0.2) is 5.69 Å². The van der Waals surface area contributed by atoms with Crippen LogP contribution in [-0.2, 0) is 6.61 Å². The van der Waals surface area contributed by atoms with Gasteiger partial charge in [-0.05, 0) is 25.1 Å². The van der Waals surface area contributed by atoms with E-state index < -0.39 is 0 Å². The molecule has 9 heteroatoms. The number of carbonyl (C=O) groups is 1. The van der Waals surface area contributed by atoms with Crippen molar-refractivity contribution >= 4 is 17.7 Å². The van der Waals surface area contributed by atoms with E-state index in [0.29, 0.717) is 28.7 Å². The third-order valence-electron chi connectivity index (χ3n) is 4.41. The van der Waals surface area contributed by atoms with Gasteiger partial charge in [-0.25, -0.2) is 0 Å². The molecule has 4 heterocycles. The average molecular weight is 397 g/mol. The predicted molar refractivity (Wildman–Crippen MR) is 104 cm³/mol. The van der Waals surface area contributed by atoms with Crippen LogP contribution in [0.25, 0.3) is 11.4 Å². The topological polar surface area (TPSA) is 94.2 Å². The summed E-state index contributed by atoms with van der Waals surface area (Å²) < 4.78 is 11.0. The smallest absolute Gasteiger partial charge is 0.274 e. The van der Waals surface area contributed by atoms with Crippen molar-refractivity contribution in [1.29, 1.82) is 0 Å². The Morgan fingerprint density at radius 1 is 1.21 bits per heavy atom. The lowest BCUT2D eigenvalue weighted by molar-refractivity contribution is 0.0765. The van der Waals surface area contributed by atoms with Crippen LogP contribution in [0.1, 0.15) is 21.8 Å². The number of pyridine rings is 1. The Morgan fingerprint density at radius 3 is 2.79 bits per heavy atom. The number of amides is 1. The lowest BCUT2D eigenvalue weighted by Crippen LogP contribution is -2.38. The van der Waals surface area contributed by atoms with Crippen molar-refractivity contribution in [3.8, 4) is 17.3 Å². The minimum Gasteiger partial charge on any atom is -0.472 e. The van der Waals surface area contributed by atoms with E-state index in [4.69, 9.17) is 9.26 Å². The number of thioether (sulfide) groups is 1. The molecular weight excluding hydrogens is 378 g/mol. The fourth-order valence-corrected chi connectivity index (χ4v) is 3.75. The summed E-state index contributed by atoms with van der Waals surface area (Å²) >= 11 is 1.85. The van der Waals surface area contributed by atoms with Gasteiger partial charge in [-0.1, -0.05) is 11.2 Å². The van der Waals surface area contributed by atoms with Crippen LogP contribution in [0, 0.1) is 6.92 Å². The third-order valence-corrected chi connectivity index (χ3v) is 5.36. The maximum absolute atomic E-state index is 12.4. The molecule has 8 nitrogen and oxygen atoms in total. The molecule has 1 aliphatic rings. The summed E-state index contributed by atoms with van der Waals surface area (Å²) in [6.45, 7) is 3.52. The van der Waals surface area contributed by atoms with E-state index >= 15 is 0 Å². The molecule has 1 amide bonds. The zero-order chi connectivity index (χ0) is 19.3. The number of ether oxygens (including phenoxy) is 1. The highest BCUT2D eigenvalue weighted by molar-refractivity contribution is 7.99. The van der Waals surface area contributed by atoms with Crippen LogP contribution in [0.3, 0.4) is 0 Å². The largest absolute Gasteiger partial charge is 0.472 e. The Hall–Kier alpha value is -2.94. The van der Waals surface area contributed by atoms with Gasteiger partial charge >= 0.3 is 0 Å². The number of nitrogens with zero attached hydrogens (tertiary/aromatic N) is 5. The predicted octanol–water partition coefficient (Wildman–Crippen LogP) is 2.60. The number of hydrogen-bond donors (Lipinski definition) is 0. The van der Waals surface area contributed by atoms with E-state index in [1.807, 2.05) is 36.9 Å². The van der Waals surface area contributed by atoms with Gasteiger partial charge in [-0.3, -0.25) is 9.78 Å². The van der Waals surface area contributed by atoms with Crippen molar-refractivity contribution in [3.05, 3.63) is 53.5 Å². The molecular formula is C19H19N5O3S. The average Bonchev–Trinajstić information content (AvgIpc) is 3.13. The number of aryl methyl sites for hydroxylation is 1. The summed E-state index contributed by atoms with van der Waals surface area (Å²) in [5, 5.41) is 12.1. The Morgan fingerprint density at radius 2 is 2.07 bits per heavy atom. The molecule has 3 aromatic heterocycles. The van der Waals surface area contributed by atoms with Crippen molar-refractivity contribution in [2.45, 2.75) is 13.5 Å². The zero-order valence-corrected chi connectivity index (χ0v) is 16.2. The van der Waals surface area contributed by atoms with Crippen LogP contribution in [0.15, 0.2) is 41.1 Å². The normalized spacial score (nSPS) is 14.1.